The molecule has 2 saturated heterocycles. The Morgan fingerprint density at radius 2 is 1.75 bits per heavy atom. The van der Waals surface area contributed by atoms with Crippen LogP contribution in [0.25, 0.3) is 0 Å². The van der Waals surface area contributed by atoms with Crippen molar-refractivity contribution in [2.75, 3.05) is 44.7 Å². The highest BCUT2D eigenvalue weighted by Gasteiger charge is 2.24. The maximum atomic E-state index is 12.7. The van der Waals surface area contributed by atoms with Gasteiger partial charge in [-0.25, -0.2) is 4.79 Å². The van der Waals surface area contributed by atoms with Crippen molar-refractivity contribution >= 4 is 11.7 Å². The van der Waals surface area contributed by atoms with E-state index in [1.807, 2.05) is 23.1 Å². The Morgan fingerprint density at radius 1 is 1.00 bits per heavy atom. The van der Waals surface area contributed by atoms with Crippen molar-refractivity contribution in [1.82, 2.24) is 9.80 Å². The average molecular weight is 380 g/mol. The number of urea groups is 1. The maximum absolute atomic E-state index is 12.7. The second-order valence-electron chi connectivity index (χ2n) is 7.71. The Labute approximate surface area is 167 Å². The van der Waals surface area contributed by atoms with E-state index in [9.17, 15) is 4.79 Å². The fourth-order valence-electron chi connectivity index (χ4n) is 4.07. The van der Waals surface area contributed by atoms with E-state index in [1.54, 1.807) is 0 Å². The second kappa shape index (κ2) is 9.22. The van der Waals surface area contributed by atoms with Crippen molar-refractivity contribution in [1.29, 1.82) is 0 Å². The molecule has 0 spiro atoms. The monoisotopic (exact) mass is 379 g/mol. The Morgan fingerprint density at radius 3 is 2.50 bits per heavy atom. The summed E-state index contributed by atoms with van der Waals surface area (Å²) >= 11 is 0. The molecule has 1 unspecified atom stereocenters. The molecule has 2 aromatic rings. The zero-order chi connectivity index (χ0) is 19.2. The number of morpholine rings is 1. The first-order valence-electron chi connectivity index (χ1n) is 10.3. The number of hydrogen-bond donors (Lipinski definition) is 1. The number of carbonyl (C=O) groups excluding carboxylic acids is 1. The van der Waals surface area contributed by atoms with Gasteiger partial charge in [0.05, 0.1) is 13.2 Å². The zero-order valence-electron chi connectivity index (χ0n) is 16.3. The number of carbonyl (C=O) groups is 1. The molecule has 28 heavy (non-hydrogen) atoms. The smallest absolute Gasteiger partial charge is 0.321 e. The molecule has 2 amide bonds. The third-order valence-corrected chi connectivity index (χ3v) is 5.69. The summed E-state index contributed by atoms with van der Waals surface area (Å²) in [6.07, 6.45) is 2.19. The van der Waals surface area contributed by atoms with E-state index in [0.717, 1.165) is 64.5 Å². The lowest BCUT2D eigenvalue weighted by atomic mass is 9.91. The Bertz CT molecular complexity index is 757. The van der Waals surface area contributed by atoms with Crippen LogP contribution in [-0.4, -0.2) is 55.2 Å². The lowest BCUT2D eigenvalue weighted by molar-refractivity contribution is 0.0342. The van der Waals surface area contributed by atoms with E-state index in [0.29, 0.717) is 5.92 Å². The highest BCUT2D eigenvalue weighted by atomic mass is 16.5. The Kier molecular flexibility index (Phi) is 6.24. The molecule has 0 aliphatic carbocycles. The maximum Gasteiger partial charge on any atom is 0.321 e. The molecule has 2 heterocycles. The molecule has 0 bridgehead atoms. The molecular formula is C23H29N3O2. The van der Waals surface area contributed by atoms with Crippen LogP contribution in [0.2, 0.25) is 0 Å². The summed E-state index contributed by atoms with van der Waals surface area (Å²) in [5.41, 5.74) is 3.45. The number of nitrogens with one attached hydrogen (secondary N) is 1. The molecule has 148 valence electrons. The Balaban J connectivity index is 1.31. The molecule has 0 radical (unpaired) electrons. The number of nitrogens with zero attached hydrogens (tertiary/aromatic N) is 2. The van der Waals surface area contributed by atoms with Crippen molar-refractivity contribution in [3.05, 3.63) is 65.7 Å². The summed E-state index contributed by atoms with van der Waals surface area (Å²) in [5.74, 6) is 0.427. The topological polar surface area (TPSA) is 44.8 Å². The number of rotatable bonds is 4. The van der Waals surface area contributed by atoms with Crippen molar-refractivity contribution in [3.63, 3.8) is 0 Å². The number of anilines is 1. The number of piperidine rings is 1. The van der Waals surface area contributed by atoms with E-state index in [2.05, 4.69) is 46.6 Å². The summed E-state index contributed by atoms with van der Waals surface area (Å²) in [6.45, 7) is 6.13. The minimum Gasteiger partial charge on any atom is -0.379 e. The molecule has 2 aliphatic rings. The van der Waals surface area contributed by atoms with E-state index in [4.69, 9.17) is 4.74 Å². The highest BCUT2D eigenvalue weighted by Crippen LogP contribution is 2.27. The number of benzene rings is 2. The minimum atomic E-state index is 0.00144. The van der Waals surface area contributed by atoms with Gasteiger partial charge in [0.15, 0.2) is 0 Å². The SMILES string of the molecule is O=C(Nc1ccc(CN2CCOCC2)cc1)N1CCCC(c2ccccc2)C1. The van der Waals surface area contributed by atoms with Crippen LogP contribution in [-0.2, 0) is 11.3 Å². The molecule has 1 N–H and O–H groups in total. The molecule has 2 aliphatic heterocycles. The highest BCUT2D eigenvalue weighted by molar-refractivity contribution is 5.89. The fraction of sp³-hybridized carbons (Fsp3) is 0.435. The number of hydrogen-bond acceptors (Lipinski definition) is 3. The van der Waals surface area contributed by atoms with Gasteiger partial charge in [0.25, 0.3) is 0 Å². The first-order chi connectivity index (χ1) is 13.8. The summed E-state index contributed by atoms with van der Waals surface area (Å²) in [4.78, 5) is 17.1. The predicted octanol–water partition coefficient (Wildman–Crippen LogP) is 3.93. The summed E-state index contributed by atoms with van der Waals surface area (Å²) in [5, 5.41) is 3.07. The van der Waals surface area contributed by atoms with Crippen molar-refractivity contribution in [2.24, 2.45) is 0 Å². The number of likely N-dealkylation sites (tertiary alicyclic amines) is 1. The Hall–Kier alpha value is -2.37. The fourth-order valence-corrected chi connectivity index (χ4v) is 4.07. The molecule has 5 nitrogen and oxygen atoms in total. The van der Waals surface area contributed by atoms with Gasteiger partial charge in [-0.2, -0.15) is 0 Å². The van der Waals surface area contributed by atoms with Gasteiger partial charge in [-0.05, 0) is 36.1 Å². The van der Waals surface area contributed by atoms with Crippen LogP contribution in [0.3, 0.4) is 0 Å². The second-order valence-corrected chi connectivity index (χ2v) is 7.71. The van der Waals surface area contributed by atoms with Gasteiger partial charge in [0, 0.05) is 44.3 Å². The molecule has 4 rings (SSSR count). The zero-order valence-corrected chi connectivity index (χ0v) is 16.3. The first-order valence-corrected chi connectivity index (χ1v) is 10.3. The van der Waals surface area contributed by atoms with Crippen LogP contribution >= 0.6 is 0 Å². The molecule has 1 atom stereocenters. The largest absolute Gasteiger partial charge is 0.379 e. The van der Waals surface area contributed by atoms with Gasteiger partial charge >= 0.3 is 6.03 Å². The third-order valence-electron chi connectivity index (χ3n) is 5.69. The standard InChI is InChI=1S/C23H29N3O2/c27-23(26-12-4-7-21(18-26)20-5-2-1-3-6-20)24-22-10-8-19(9-11-22)17-25-13-15-28-16-14-25/h1-3,5-6,8-11,21H,4,7,12-18H2,(H,24,27). The number of ether oxygens (including phenoxy) is 1. The third kappa shape index (κ3) is 4.91. The van der Waals surface area contributed by atoms with E-state index in [-0.39, 0.29) is 6.03 Å². The van der Waals surface area contributed by atoms with Crippen LogP contribution in [0.15, 0.2) is 54.6 Å². The molecular weight excluding hydrogens is 350 g/mol. The van der Waals surface area contributed by atoms with Gasteiger partial charge in [-0.15, -0.1) is 0 Å². The molecule has 2 aromatic carbocycles. The molecule has 5 heteroatoms. The quantitative estimate of drug-likeness (QED) is 0.875. The lowest BCUT2D eigenvalue weighted by Crippen LogP contribution is -2.41. The summed E-state index contributed by atoms with van der Waals surface area (Å²) < 4.78 is 5.40. The van der Waals surface area contributed by atoms with Crippen LogP contribution in [0, 0.1) is 0 Å². The van der Waals surface area contributed by atoms with Gasteiger partial charge in [-0.3, -0.25) is 4.90 Å². The molecule has 0 aromatic heterocycles. The lowest BCUT2D eigenvalue weighted by Gasteiger charge is -2.33. The van der Waals surface area contributed by atoms with Crippen LogP contribution in [0.4, 0.5) is 10.5 Å². The summed E-state index contributed by atoms with van der Waals surface area (Å²) in [7, 11) is 0. The minimum absolute atomic E-state index is 0.00144. The van der Waals surface area contributed by atoms with Crippen molar-refractivity contribution < 1.29 is 9.53 Å². The van der Waals surface area contributed by atoms with Gasteiger partial charge < -0.3 is 15.0 Å². The molecule has 2 fully saturated rings. The van der Waals surface area contributed by atoms with Crippen LogP contribution in [0.1, 0.15) is 29.9 Å². The van der Waals surface area contributed by atoms with Crippen molar-refractivity contribution in [3.8, 4) is 0 Å². The van der Waals surface area contributed by atoms with E-state index < -0.39 is 0 Å². The average Bonchev–Trinajstić information content (AvgIpc) is 2.76. The van der Waals surface area contributed by atoms with Crippen molar-refractivity contribution in [2.45, 2.75) is 25.3 Å². The van der Waals surface area contributed by atoms with E-state index in [1.165, 1.54) is 11.1 Å². The van der Waals surface area contributed by atoms with E-state index >= 15 is 0 Å². The number of amides is 2. The van der Waals surface area contributed by atoms with Crippen LogP contribution < -0.4 is 5.32 Å². The van der Waals surface area contributed by atoms with Gasteiger partial charge in [0.1, 0.15) is 0 Å². The first kappa shape index (κ1) is 19.0. The van der Waals surface area contributed by atoms with Crippen LogP contribution in [0.5, 0.6) is 0 Å². The molecule has 0 saturated carbocycles. The van der Waals surface area contributed by atoms with Gasteiger partial charge in [0.2, 0.25) is 0 Å². The van der Waals surface area contributed by atoms with Gasteiger partial charge in [-0.1, -0.05) is 42.5 Å². The predicted molar refractivity (Wildman–Crippen MR) is 112 cm³/mol. The normalized spacial score (nSPS) is 20.7. The summed E-state index contributed by atoms with van der Waals surface area (Å²) in [6, 6.07) is 18.7.